The van der Waals surface area contributed by atoms with Crippen molar-refractivity contribution in [3.05, 3.63) is 76.3 Å². The number of hydrogen-bond acceptors (Lipinski definition) is 3. The highest BCUT2D eigenvalue weighted by atomic mass is 79.9. The van der Waals surface area contributed by atoms with Gasteiger partial charge in [-0.2, -0.15) is 5.10 Å². The largest absolute Gasteiger partial charge is 0.493 e. The van der Waals surface area contributed by atoms with Crippen LogP contribution >= 0.6 is 15.9 Å². The quantitative estimate of drug-likeness (QED) is 0.218. The lowest BCUT2D eigenvalue weighted by Gasteiger charge is -2.09. The van der Waals surface area contributed by atoms with Crippen LogP contribution in [0.3, 0.4) is 0 Å². The highest BCUT2D eigenvalue weighted by Gasteiger charge is 2.07. The van der Waals surface area contributed by atoms with Gasteiger partial charge in [-0.15, -0.1) is 0 Å². The topological polar surface area (TPSA) is 50.7 Å². The molecule has 0 aliphatic rings. The lowest BCUT2D eigenvalue weighted by Crippen LogP contribution is -2.20. The Hall–Kier alpha value is -2.66. The Morgan fingerprint density at radius 1 is 1.07 bits per heavy atom. The SMILES string of the molecule is CCCCCCOc1ccc(Br)cc1/C=N/NC(=O)Cc1cccc2ccccc12. The normalized spacial score (nSPS) is 11.1. The second-order valence-corrected chi connectivity index (χ2v) is 8.12. The van der Waals surface area contributed by atoms with Crippen LogP contribution < -0.4 is 10.2 Å². The first-order valence-corrected chi connectivity index (χ1v) is 11.2. The number of carbonyl (C=O) groups excluding carboxylic acids is 1. The molecule has 5 heteroatoms. The van der Waals surface area contributed by atoms with Crippen molar-refractivity contribution in [1.29, 1.82) is 0 Å². The van der Waals surface area contributed by atoms with Crippen LogP contribution in [0.4, 0.5) is 0 Å². The summed E-state index contributed by atoms with van der Waals surface area (Å²) in [5.41, 5.74) is 4.44. The van der Waals surface area contributed by atoms with Gasteiger partial charge in [0.2, 0.25) is 5.91 Å². The van der Waals surface area contributed by atoms with Crippen LogP contribution in [0, 0.1) is 0 Å². The number of rotatable bonds is 10. The number of nitrogens with zero attached hydrogens (tertiary/aromatic N) is 1. The highest BCUT2D eigenvalue weighted by Crippen LogP contribution is 2.22. The van der Waals surface area contributed by atoms with Crippen LogP contribution in [0.25, 0.3) is 10.8 Å². The molecule has 0 atom stereocenters. The fourth-order valence-electron chi connectivity index (χ4n) is 3.30. The van der Waals surface area contributed by atoms with Crippen molar-refractivity contribution < 1.29 is 9.53 Å². The van der Waals surface area contributed by atoms with Crippen molar-refractivity contribution in [2.24, 2.45) is 5.10 Å². The standard InChI is InChI=1S/C25H27BrN2O2/c1-2-3-4-7-15-30-24-14-13-22(26)16-21(24)18-27-28-25(29)17-20-11-8-10-19-9-5-6-12-23(19)20/h5-6,8-14,16,18H,2-4,7,15,17H2,1H3,(H,28,29)/b27-18+. The summed E-state index contributed by atoms with van der Waals surface area (Å²) in [4.78, 5) is 12.4. The lowest BCUT2D eigenvalue weighted by atomic mass is 10.0. The molecule has 0 unspecified atom stereocenters. The Labute approximate surface area is 186 Å². The Bertz CT molecular complexity index is 1010. The number of halogens is 1. The second-order valence-electron chi connectivity index (χ2n) is 7.20. The predicted octanol–water partition coefficient (Wildman–Crippen LogP) is 6.25. The molecule has 3 aromatic carbocycles. The smallest absolute Gasteiger partial charge is 0.244 e. The minimum atomic E-state index is -0.153. The molecule has 0 fully saturated rings. The Morgan fingerprint density at radius 2 is 1.90 bits per heavy atom. The minimum absolute atomic E-state index is 0.153. The van der Waals surface area contributed by atoms with Gasteiger partial charge in [-0.05, 0) is 41.0 Å². The molecule has 156 valence electrons. The molecule has 30 heavy (non-hydrogen) atoms. The number of hydrogen-bond donors (Lipinski definition) is 1. The van der Waals surface area contributed by atoms with Crippen LogP contribution in [0.2, 0.25) is 0 Å². The van der Waals surface area contributed by atoms with Crippen LogP contribution in [-0.4, -0.2) is 18.7 Å². The third-order valence-corrected chi connectivity index (χ3v) is 5.34. The molecule has 0 bridgehead atoms. The summed E-state index contributed by atoms with van der Waals surface area (Å²) in [5.74, 6) is 0.612. The van der Waals surface area contributed by atoms with E-state index in [9.17, 15) is 4.79 Å². The molecule has 0 aliphatic carbocycles. The molecule has 0 heterocycles. The first-order chi connectivity index (χ1) is 14.7. The summed E-state index contributed by atoms with van der Waals surface area (Å²) in [6.07, 6.45) is 6.53. The number of amides is 1. The van der Waals surface area contributed by atoms with Gasteiger partial charge in [-0.3, -0.25) is 4.79 Å². The molecule has 0 saturated heterocycles. The minimum Gasteiger partial charge on any atom is -0.493 e. The van der Waals surface area contributed by atoms with E-state index in [1.807, 2.05) is 60.7 Å². The van der Waals surface area contributed by atoms with Gasteiger partial charge in [0.15, 0.2) is 0 Å². The number of fused-ring (bicyclic) bond motifs is 1. The van der Waals surface area contributed by atoms with E-state index in [-0.39, 0.29) is 12.3 Å². The van der Waals surface area contributed by atoms with Crippen LogP contribution in [-0.2, 0) is 11.2 Å². The zero-order chi connectivity index (χ0) is 21.2. The number of benzene rings is 3. The third-order valence-electron chi connectivity index (χ3n) is 4.85. The summed E-state index contributed by atoms with van der Waals surface area (Å²) in [7, 11) is 0. The number of ether oxygens (including phenoxy) is 1. The van der Waals surface area contributed by atoms with Gasteiger partial charge in [0.05, 0.1) is 19.2 Å². The summed E-state index contributed by atoms with van der Waals surface area (Å²) < 4.78 is 6.85. The van der Waals surface area contributed by atoms with Gasteiger partial charge in [-0.25, -0.2) is 5.43 Å². The number of hydrazone groups is 1. The molecule has 1 amide bonds. The van der Waals surface area contributed by atoms with Crippen molar-refractivity contribution >= 4 is 38.8 Å². The molecule has 4 nitrogen and oxygen atoms in total. The van der Waals surface area contributed by atoms with Crippen LogP contribution in [0.15, 0.2) is 70.2 Å². The van der Waals surface area contributed by atoms with Gasteiger partial charge in [0.1, 0.15) is 5.75 Å². The maximum Gasteiger partial charge on any atom is 0.244 e. The fourth-order valence-corrected chi connectivity index (χ4v) is 3.67. The summed E-state index contributed by atoms with van der Waals surface area (Å²) in [6.45, 7) is 2.87. The third kappa shape index (κ3) is 6.42. The molecular formula is C25H27BrN2O2. The second kappa shape index (κ2) is 11.5. The van der Waals surface area contributed by atoms with E-state index in [1.54, 1.807) is 6.21 Å². The Balaban J connectivity index is 1.60. The van der Waals surface area contributed by atoms with Gasteiger partial charge >= 0.3 is 0 Å². The van der Waals surface area contributed by atoms with E-state index in [1.165, 1.54) is 19.3 Å². The van der Waals surface area contributed by atoms with E-state index in [0.717, 1.165) is 38.5 Å². The van der Waals surface area contributed by atoms with Gasteiger partial charge in [0, 0.05) is 10.0 Å². The molecule has 3 rings (SSSR count). The molecule has 0 aliphatic heterocycles. The average molecular weight is 467 g/mol. The van der Waals surface area contributed by atoms with E-state index >= 15 is 0 Å². The molecule has 0 aromatic heterocycles. The van der Waals surface area contributed by atoms with Crippen molar-refractivity contribution in [3.63, 3.8) is 0 Å². The molecule has 0 spiro atoms. The number of unbranched alkanes of at least 4 members (excludes halogenated alkanes) is 3. The van der Waals surface area contributed by atoms with Crippen molar-refractivity contribution in [3.8, 4) is 5.75 Å². The maximum atomic E-state index is 12.4. The Kier molecular flexibility index (Phi) is 8.45. The van der Waals surface area contributed by atoms with Crippen LogP contribution in [0.1, 0.15) is 43.7 Å². The first-order valence-electron chi connectivity index (χ1n) is 10.4. The summed E-state index contributed by atoms with van der Waals surface area (Å²) >= 11 is 3.48. The maximum absolute atomic E-state index is 12.4. The van der Waals surface area contributed by atoms with Gasteiger partial charge < -0.3 is 4.74 Å². The average Bonchev–Trinajstić information content (AvgIpc) is 2.75. The monoisotopic (exact) mass is 466 g/mol. The van der Waals surface area contributed by atoms with Crippen molar-refractivity contribution in [2.75, 3.05) is 6.61 Å². The fraction of sp³-hybridized carbons (Fsp3) is 0.280. The van der Waals surface area contributed by atoms with E-state index in [4.69, 9.17) is 4.74 Å². The van der Waals surface area contributed by atoms with E-state index in [0.29, 0.717) is 6.61 Å². The number of nitrogens with one attached hydrogen (secondary N) is 1. The zero-order valence-corrected chi connectivity index (χ0v) is 18.8. The van der Waals surface area contributed by atoms with Crippen molar-refractivity contribution in [1.82, 2.24) is 5.43 Å². The summed E-state index contributed by atoms with van der Waals surface area (Å²) in [6, 6.07) is 19.9. The van der Waals surface area contributed by atoms with Crippen molar-refractivity contribution in [2.45, 2.75) is 39.0 Å². The molecule has 3 aromatic rings. The molecule has 0 radical (unpaired) electrons. The van der Waals surface area contributed by atoms with Gasteiger partial charge in [0.25, 0.3) is 0 Å². The first kappa shape index (κ1) is 22.0. The Morgan fingerprint density at radius 3 is 2.77 bits per heavy atom. The predicted molar refractivity (Wildman–Crippen MR) is 127 cm³/mol. The van der Waals surface area contributed by atoms with E-state index < -0.39 is 0 Å². The molecule has 1 N–H and O–H groups in total. The molecular weight excluding hydrogens is 440 g/mol. The van der Waals surface area contributed by atoms with E-state index in [2.05, 4.69) is 33.4 Å². The highest BCUT2D eigenvalue weighted by molar-refractivity contribution is 9.10. The summed E-state index contributed by atoms with van der Waals surface area (Å²) in [5, 5.41) is 6.37. The number of carbonyl (C=O) groups is 1. The zero-order valence-electron chi connectivity index (χ0n) is 17.2. The van der Waals surface area contributed by atoms with Crippen LogP contribution in [0.5, 0.6) is 5.75 Å². The lowest BCUT2D eigenvalue weighted by molar-refractivity contribution is -0.120. The molecule has 0 saturated carbocycles. The van der Waals surface area contributed by atoms with Gasteiger partial charge in [-0.1, -0.05) is 84.6 Å².